The molecule has 0 N–H and O–H groups in total. The molecule has 8 aromatic rings. The second-order valence-electron chi connectivity index (χ2n) is 10.2. The summed E-state index contributed by atoms with van der Waals surface area (Å²) in [5, 5.41) is 4.62. The van der Waals surface area contributed by atoms with E-state index in [4.69, 9.17) is 21.0 Å². The first-order valence-corrected chi connectivity index (χ1v) is 14.1. The van der Waals surface area contributed by atoms with Gasteiger partial charge >= 0.3 is 0 Å². The van der Waals surface area contributed by atoms with Crippen LogP contribution < -0.4 is 0 Å². The molecular formula is C37H22ClN3O. The Labute approximate surface area is 246 Å². The highest BCUT2D eigenvalue weighted by Gasteiger charge is 2.14. The molecule has 4 nitrogen and oxygen atoms in total. The Hall–Kier alpha value is -5.32. The van der Waals surface area contributed by atoms with Crippen molar-refractivity contribution in [2.75, 3.05) is 0 Å². The van der Waals surface area contributed by atoms with E-state index in [2.05, 4.69) is 88.8 Å². The standard InChI is InChI=1S/C37H22ClN3O/c38-37-40-35(39-36(41-37)28-17-19-34-32(22-28)31-13-4-5-15-33(31)42-34)27-12-6-10-24(21-27)25-16-18-30-26(20-25)11-7-14-29(30)23-8-2-1-3-9-23/h1-22H. The molecule has 42 heavy (non-hydrogen) atoms. The molecule has 2 heterocycles. The molecule has 198 valence electrons. The molecule has 6 aromatic carbocycles. The molecule has 8 rings (SSSR count). The second-order valence-corrected chi connectivity index (χ2v) is 10.6. The smallest absolute Gasteiger partial charge is 0.226 e. The minimum absolute atomic E-state index is 0.150. The van der Waals surface area contributed by atoms with Crippen LogP contribution in [0.3, 0.4) is 0 Å². The molecule has 0 saturated carbocycles. The maximum atomic E-state index is 6.45. The van der Waals surface area contributed by atoms with Gasteiger partial charge in [-0.3, -0.25) is 0 Å². The zero-order valence-corrected chi connectivity index (χ0v) is 23.1. The van der Waals surface area contributed by atoms with Gasteiger partial charge in [-0.15, -0.1) is 0 Å². The van der Waals surface area contributed by atoms with Crippen molar-refractivity contribution in [3.05, 3.63) is 139 Å². The second kappa shape index (κ2) is 9.95. The minimum atomic E-state index is 0.150. The number of furan rings is 1. The Morgan fingerprint density at radius 2 is 1.10 bits per heavy atom. The minimum Gasteiger partial charge on any atom is -0.456 e. The van der Waals surface area contributed by atoms with Crippen molar-refractivity contribution in [2.24, 2.45) is 0 Å². The van der Waals surface area contributed by atoms with E-state index >= 15 is 0 Å². The van der Waals surface area contributed by atoms with E-state index in [0.29, 0.717) is 11.6 Å². The molecule has 0 aliphatic rings. The third-order valence-corrected chi connectivity index (χ3v) is 7.83. The fraction of sp³-hybridized carbons (Fsp3) is 0. The molecular weight excluding hydrogens is 538 g/mol. The lowest BCUT2D eigenvalue weighted by atomic mass is 9.95. The van der Waals surface area contributed by atoms with Gasteiger partial charge in [0.25, 0.3) is 0 Å². The number of hydrogen-bond acceptors (Lipinski definition) is 4. The van der Waals surface area contributed by atoms with Gasteiger partial charge in [-0.25, -0.2) is 4.98 Å². The van der Waals surface area contributed by atoms with Gasteiger partial charge < -0.3 is 4.42 Å². The van der Waals surface area contributed by atoms with Crippen molar-refractivity contribution in [1.82, 2.24) is 15.0 Å². The number of fused-ring (bicyclic) bond motifs is 4. The number of benzene rings is 6. The Balaban J connectivity index is 1.18. The molecule has 0 spiro atoms. The molecule has 0 saturated heterocycles. The summed E-state index contributed by atoms with van der Waals surface area (Å²) in [5.74, 6) is 1.04. The highest BCUT2D eigenvalue weighted by atomic mass is 35.5. The summed E-state index contributed by atoms with van der Waals surface area (Å²) in [7, 11) is 0. The third kappa shape index (κ3) is 4.30. The van der Waals surface area contributed by atoms with E-state index in [1.807, 2.05) is 54.6 Å². The zero-order chi connectivity index (χ0) is 28.0. The summed E-state index contributed by atoms with van der Waals surface area (Å²) in [4.78, 5) is 13.8. The quantitative estimate of drug-likeness (QED) is 0.215. The predicted octanol–water partition coefficient (Wildman–Crippen LogP) is 10.2. The summed E-state index contributed by atoms with van der Waals surface area (Å²) in [6.07, 6.45) is 0. The van der Waals surface area contributed by atoms with Crippen molar-refractivity contribution >= 4 is 44.3 Å². The van der Waals surface area contributed by atoms with E-state index < -0.39 is 0 Å². The fourth-order valence-corrected chi connectivity index (χ4v) is 5.80. The zero-order valence-electron chi connectivity index (χ0n) is 22.3. The molecule has 0 atom stereocenters. The molecule has 0 fully saturated rings. The van der Waals surface area contributed by atoms with E-state index in [1.165, 1.54) is 21.9 Å². The molecule has 0 unspecified atom stereocenters. The van der Waals surface area contributed by atoms with Crippen LogP contribution in [0.15, 0.2) is 138 Å². The average Bonchev–Trinajstić information content (AvgIpc) is 3.42. The van der Waals surface area contributed by atoms with Crippen molar-refractivity contribution in [3.63, 3.8) is 0 Å². The Bertz CT molecular complexity index is 2270. The Kier molecular flexibility index (Phi) is 5.80. The number of rotatable bonds is 4. The van der Waals surface area contributed by atoms with Gasteiger partial charge in [0.1, 0.15) is 11.2 Å². The van der Waals surface area contributed by atoms with E-state index in [1.54, 1.807) is 0 Å². The lowest BCUT2D eigenvalue weighted by Crippen LogP contribution is -1.97. The first-order valence-electron chi connectivity index (χ1n) is 13.7. The van der Waals surface area contributed by atoms with Crippen molar-refractivity contribution in [3.8, 4) is 45.0 Å². The van der Waals surface area contributed by atoms with Crippen LogP contribution in [0, 0.1) is 0 Å². The maximum absolute atomic E-state index is 6.45. The Morgan fingerprint density at radius 3 is 1.98 bits per heavy atom. The van der Waals surface area contributed by atoms with Crippen molar-refractivity contribution in [2.45, 2.75) is 0 Å². The third-order valence-electron chi connectivity index (χ3n) is 7.66. The van der Waals surface area contributed by atoms with Crippen LogP contribution in [0.4, 0.5) is 0 Å². The van der Waals surface area contributed by atoms with Gasteiger partial charge in [0.05, 0.1) is 0 Å². The number of para-hydroxylation sites is 1. The highest BCUT2D eigenvalue weighted by molar-refractivity contribution is 6.28. The lowest BCUT2D eigenvalue weighted by Gasteiger charge is -2.10. The van der Waals surface area contributed by atoms with Gasteiger partial charge in [-0.05, 0) is 81.0 Å². The van der Waals surface area contributed by atoms with Gasteiger partial charge in [-0.2, -0.15) is 9.97 Å². The number of halogens is 1. The van der Waals surface area contributed by atoms with Gasteiger partial charge in [-0.1, -0.05) is 97.1 Å². The summed E-state index contributed by atoms with van der Waals surface area (Å²) in [6.45, 7) is 0. The predicted molar refractivity (Wildman–Crippen MR) is 171 cm³/mol. The summed E-state index contributed by atoms with van der Waals surface area (Å²) in [5.41, 5.74) is 8.00. The maximum Gasteiger partial charge on any atom is 0.226 e. The summed E-state index contributed by atoms with van der Waals surface area (Å²) >= 11 is 6.45. The summed E-state index contributed by atoms with van der Waals surface area (Å²) < 4.78 is 5.99. The largest absolute Gasteiger partial charge is 0.456 e. The van der Waals surface area contributed by atoms with Crippen molar-refractivity contribution < 1.29 is 4.42 Å². The molecule has 0 aliphatic heterocycles. The molecule has 0 amide bonds. The van der Waals surface area contributed by atoms with Crippen LogP contribution in [-0.4, -0.2) is 15.0 Å². The van der Waals surface area contributed by atoms with Crippen LogP contribution >= 0.6 is 11.6 Å². The van der Waals surface area contributed by atoms with Crippen molar-refractivity contribution in [1.29, 1.82) is 0 Å². The van der Waals surface area contributed by atoms with E-state index in [0.717, 1.165) is 44.2 Å². The van der Waals surface area contributed by atoms with Crippen LogP contribution in [0.2, 0.25) is 5.28 Å². The molecule has 0 aliphatic carbocycles. The lowest BCUT2D eigenvalue weighted by molar-refractivity contribution is 0.669. The average molecular weight is 560 g/mol. The van der Waals surface area contributed by atoms with Crippen LogP contribution in [0.1, 0.15) is 0 Å². The number of aromatic nitrogens is 3. The fourth-order valence-electron chi connectivity index (χ4n) is 5.64. The number of nitrogens with zero attached hydrogens (tertiary/aromatic N) is 3. The normalized spacial score (nSPS) is 11.5. The molecule has 0 bridgehead atoms. The molecule has 2 aromatic heterocycles. The Morgan fingerprint density at radius 1 is 0.429 bits per heavy atom. The molecule has 5 heteroatoms. The van der Waals surface area contributed by atoms with Gasteiger partial charge in [0, 0.05) is 21.9 Å². The van der Waals surface area contributed by atoms with Crippen LogP contribution in [-0.2, 0) is 0 Å². The van der Waals surface area contributed by atoms with Crippen LogP contribution in [0.25, 0.3) is 77.7 Å². The summed E-state index contributed by atoms with van der Waals surface area (Å²) in [6, 6.07) is 45.7. The number of hydrogen-bond donors (Lipinski definition) is 0. The van der Waals surface area contributed by atoms with Gasteiger partial charge in [0.15, 0.2) is 11.6 Å². The van der Waals surface area contributed by atoms with E-state index in [-0.39, 0.29) is 5.28 Å². The SMILES string of the molecule is Clc1nc(-c2cccc(-c3ccc4c(-c5ccccc5)cccc4c3)c2)nc(-c2ccc3oc4ccccc4c3c2)n1. The monoisotopic (exact) mass is 559 g/mol. The first-order chi connectivity index (χ1) is 20.7. The topological polar surface area (TPSA) is 51.8 Å². The molecule has 0 radical (unpaired) electrons. The van der Waals surface area contributed by atoms with E-state index in [9.17, 15) is 0 Å². The van der Waals surface area contributed by atoms with Crippen LogP contribution in [0.5, 0.6) is 0 Å². The highest BCUT2D eigenvalue weighted by Crippen LogP contribution is 2.34. The first kappa shape index (κ1) is 24.5. The van der Waals surface area contributed by atoms with Gasteiger partial charge in [0.2, 0.25) is 5.28 Å².